The molecule has 0 radical (unpaired) electrons. The molecule has 0 unspecified atom stereocenters. The number of aryl methyl sites for hydroxylation is 1. The molecule has 0 saturated heterocycles. The highest BCUT2D eigenvalue weighted by Gasteiger charge is 2.16. The second-order valence-corrected chi connectivity index (χ2v) is 9.43. The van der Waals surface area contributed by atoms with Crippen LogP contribution in [0, 0.1) is 6.92 Å². The third-order valence-corrected chi connectivity index (χ3v) is 6.66. The van der Waals surface area contributed by atoms with Crippen molar-refractivity contribution in [1.82, 2.24) is 14.5 Å². The summed E-state index contributed by atoms with van der Waals surface area (Å²) in [6.07, 6.45) is 0. The number of nitrogens with one attached hydrogen (secondary N) is 1. The first-order valence-corrected chi connectivity index (χ1v) is 12.6. The highest BCUT2D eigenvalue weighted by atomic mass is 16.2. The molecule has 0 aliphatic carbocycles. The average Bonchev–Trinajstić information content (AvgIpc) is 2.97. The molecule has 4 aromatic carbocycles. The second kappa shape index (κ2) is 11.1. The van der Waals surface area contributed by atoms with Crippen LogP contribution in [0.15, 0.2) is 113 Å². The van der Waals surface area contributed by atoms with E-state index in [-0.39, 0.29) is 24.8 Å². The number of hydrogen-bond donors (Lipinski definition) is 1. The molecule has 0 spiro atoms. The molecule has 7 nitrogen and oxygen atoms in total. The van der Waals surface area contributed by atoms with Crippen LogP contribution in [0.1, 0.15) is 37.4 Å². The number of carbonyl (C=O) groups excluding carboxylic acids is 2. The summed E-state index contributed by atoms with van der Waals surface area (Å²) in [5, 5.41) is 3.25. The van der Waals surface area contributed by atoms with Gasteiger partial charge in [0.05, 0.1) is 24.0 Å². The van der Waals surface area contributed by atoms with Crippen LogP contribution in [0.3, 0.4) is 0 Å². The molecule has 194 valence electrons. The fourth-order valence-electron chi connectivity index (χ4n) is 4.46. The summed E-state index contributed by atoms with van der Waals surface area (Å²) >= 11 is 0. The summed E-state index contributed by atoms with van der Waals surface area (Å²) < 4.78 is 2.48. The predicted octanol–water partition coefficient (Wildman–Crippen LogP) is 4.33. The topological polar surface area (TPSA) is 90.2 Å². The summed E-state index contributed by atoms with van der Waals surface area (Å²) in [6, 6.07) is 30.3. The molecular weight excluding hydrogens is 490 g/mol. The molecule has 5 aromatic rings. The van der Waals surface area contributed by atoms with Crippen LogP contribution in [-0.4, -0.2) is 20.8 Å². The van der Waals surface area contributed by atoms with Gasteiger partial charge >= 0.3 is 5.69 Å². The third-order valence-electron chi connectivity index (χ3n) is 6.66. The lowest BCUT2D eigenvalue weighted by Gasteiger charge is -2.14. The molecule has 1 N–H and O–H groups in total. The monoisotopic (exact) mass is 517 g/mol. The smallest absolute Gasteiger partial charge is 0.332 e. The van der Waals surface area contributed by atoms with Crippen LogP contribution in [0.5, 0.6) is 0 Å². The van der Waals surface area contributed by atoms with Crippen LogP contribution >= 0.6 is 0 Å². The van der Waals surface area contributed by atoms with Gasteiger partial charge in [-0.2, -0.15) is 0 Å². The highest BCUT2D eigenvalue weighted by Crippen LogP contribution is 2.12. The summed E-state index contributed by atoms with van der Waals surface area (Å²) in [6.45, 7) is 2.24. The first-order valence-electron chi connectivity index (χ1n) is 12.6. The van der Waals surface area contributed by atoms with Crippen LogP contribution in [0.4, 0.5) is 0 Å². The normalized spacial score (nSPS) is 10.9. The molecule has 0 fully saturated rings. The van der Waals surface area contributed by atoms with Gasteiger partial charge in [-0.3, -0.25) is 23.5 Å². The van der Waals surface area contributed by atoms with Crippen molar-refractivity contribution in [3.63, 3.8) is 0 Å². The standard InChI is InChI=1S/C32H27N3O4/c1-22-11-13-23(14-12-22)19-33-30(37)26-17-15-24(16-18-26)20-35-31(38)27-9-5-6-10-28(27)34(32(35)39)21-29(36)25-7-3-2-4-8-25/h2-18H,19-21H2,1H3,(H,33,37). The van der Waals surface area contributed by atoms with Crippen molar-refractivity contribution in [3.05, 3.63) is 152 Å². The van der Waals surface area contributed by atoms with Crippen molar-refractivity contribution in [2.45, 2.75) is 26.6 Å². The lowest BCUT2D eigenvalue weighted by molar-refractivity contribution is 0.0948. The SMILES string of the molecule is Cc1ccc(CNC(=O)c2ccc(Cn3c(=O)c4ccccc4n(CC(=O)c4ccccc4)c3=O)cc2)cc1. The Kier molecular flexibility index (Phi) is 7.32. The van der Waals surface area contributed by atoms with Gasteiger partial charge in [0, 0.05) is 17.7 Å². The zero-order valence-corrected chi connectivity index (χ0v) is 21.5. The van der Waals surface area contributed by atoms with Gasteiger partial charge in [-0.1, -0.05) is 84.4 Å². The second-order valence-electron chi connectivity index (χ2n) is 9.43. The summed E-state index contributed by atoms with van der Waals surface area (Å²) in [5.41, 5.74) is 3.21. The Bertz CT molecular complexity index is 1770. The number of carbonyl (C=O) groups is 2. The molecule has 1 amide bonds. The molecule has 0 bridgehead atoms. The Morgan fingerprint density at radius 3 is 2.05 bits per heavy atom. The van der Waals surface area contributed by atoms with Crippen molar-refractivity contribution < 1.29 is 9.59 Å². The zero-order valence-electron chi connectivity index (χ0n) is 21.5. The first kappa shape index (κ1) is 25.6. The Morgan fingerprint density at radius 1 is 0.692 bits per heavy atom. The van der Waals surface area contributed by atoms with E-state index >= 15 is 0 Å². The van der Waals surface area contributed by atoms with E-state index in [0.29, 0.717) is 34.1 Å². The van der Waals surface area contributed by atoms with Crippen molar-refractivity contribution in [2.24, 2.45) is 0 Å². The molecule has 0 atom stereocenters. The maximum atomic E-state index is 13.5. The number of Topliss-reactive ketones (excluding diaryl/α,β-unsaturated/α-hetero) is 1. The molecule has 0 saturated carbocycles. The van der Waals surface area contributed by atoms with Crippen molar-refractivity contribution >= 4 is 22.6 Å². The van der Waals surface area contributed by atoms with Gasteiger partial charge in [0.15, 0.2) is 5.78 Å². The van der Waals surface area contributed by atoms with E-state index in [2.05, 4.69) is 5.32 Å². The van der Waals surface area contributed by atoms with Gasteiger partial charge in [0.25, 0.3) is 11.5 Å². The minimum absolute atomic E-state index is 0.00724. The van der Waals surface area contributed by atoms with Gasteiger partial charge in [0.1, 0.15) is 0 Å². The van der Waals surface area contributed by atoms with Crippen molar-refractivity contribution in [2.75, 3.05) is 0 Å². The van der Waals surface area contributed by atoms with Gasteiger partial charge in [-0.15, -0.1) is 0 Å². The molecular formula is C32H27N3O4. The number of rotatable bonds is 8. The van der Waals surface area contributed by atoms with E-state index in [1.165, 1.54) is 4.57 Å². The largest absolute Gasteiger partial charge is 0.348 e. The number of amides is 1. The quantitative estimate of drug-likeness (QED) is 0.310. The summed E-state index contributed by atoms with van der Waals surface area (Å²) in [5.74, 6) is -0.444. The number of fused-ring (bicyclic) bond motifs is 1. The molecule has 1 aromatic heterocycles. The van der Waals surface area contributed by atoms with Gasteiger partial charge in [0.2, 0.25) is 0 Å². The number of para-hydroxylation sites is 1. The lowest BCUT2D eigenvalue weighted by atomic mass is 10.1. The van der Waals surface area contributed by atoms with Crippen LogP contribution in [-0.2, 0) is 19.6 Å². The number of ketones is 1. The lowest BCUT2D eigenvalue weighted by Crippen LogP contribution is -2.41. The maximum Gasteiger partial charge on any atom is 0.332 e. The van der Waals surface area contributed by atoms with E-state index in [4.69, 9.17) is 0 Å². The van der Waals surface area contributed by atoms with Gasteiger partial charge < -0.3 is 5.32 Å². The molecule has 39 heavy (non-hydrogen) atoms. The fourth-order valence-corrected chi connectivity index (χ4v) is 4.46. The summed E-state index contributed by atoms with van der Waals surface area (Å²) in [4.78, 5) is 52.3. The molecule has 7 heteroatoms. The van der Waals surface area contributed by atoms with E-state index in [9.17, 15) is 19.2 Å². The Hall–Kier alpha value is -5.04. The minimum Gasteiger partial charge on any atom is -0.348 e. The maximum absolute atomic E-state index is 13.5. The molecule has 1 heterocycles. The summed E-state index contributed by atoms with van der Waals surface area (Å²) in [7, 11) is 0. The molecule has 0 aliphatic rings. The average molecular weight is 518 g/mol. The van der Waals surface area contributed by atoms with E-state index in [0.717, 1.165) is 15.7 Å². The van der Waals surface area contributed by atoms with Gasteiger partial charge in [-0.25, -0.2) is 4.79 Å². The number of hydrogen-bond acceptors (Lipinski definition) is 4. The van der Waals surface area contributed by atoms with Gasteiger partial charge in [-0.05, 0) is 42.3 Å². The molecule has 5 rings (SSSR count). The third kappa shape index (κ3) is 5.62. The van der Waals surface area contributed by atoms with Crippen molar-refractivity contribution in [3.8, 4) is 0 Å². The molecule has 0 aliphatic heterocycles. The predicted molar refractivity (Wildman–Crippen MR) is 151 cm³/mol. The minimum atomic E-state index is -0.567. The zero-order chi connectivity index (χ0) is 27.4. The van der Waals surface area contributed by atoms with E-state index in [1.807, 2.05) is 37.3 Å². The number of aromatic nitrogens is 2. The Balaban J connectivity index is 1.39. The Morgan fingerprint density at radius 2 is 1.33 bits per heavy atom. The first-order chi connectivity index (χ1) is 18.9. The van der Waals surface area contributed by atoms with Crippen LogP contribution in [0.2, 0.25) is 0 Å². The van der Waals surface area contributed by atoms with E-state index < -0.39 is 11.2 Å². The van der Waals surface area contributed by atoms with E-state index in [1.54, 1.807) is 72.8 Å². The van der Waals surface area contributed by atoms with Crippen molar-refractivity contribution in [1.29, 1.82) is 0 Å². The number of benzene rings is 4. The Labute approximate surface area is 225 Å². The van der Waals surface area contributed by atoms with Crippen LogP contribution < -0.4 is 16.6 Å². The number of nitrogens with zero attached hydrogens (tertiary/aromatic N) is 2. The fraction of sp³-hybridized carbons (Fsp3) is 0.125. The highest BCUT2D eigenvalue weighted by molar-refractivity contribution is 5.96. The van der Waals surface area contributed by atoms with Crippen LogP contribution in [0.25, 0.3) is 10.9 Å².